The third-order valence-electron chi connectivity index (χ3n) is 4.83. The average Bonchev–Trinajstić information content (AvgIpc) is 2.76. The third-order valence-corrected chi connectivity index (χ3v) is 4.83. The first kappa shape index (κ1) is 37.6. The zero-order valence-corrected chi connectivity index (χ0v) is 25.1. The molecule has 0 aliphatic rings. The van der Waals surface area contributed by atoms with Crippen molar-refractivity contribution < 1.29 is 38.5 Å². The van der Waals surface area contributed by atoms with Crippen molar-refractivity contribution in [3.8, 4) is 0 Å². The van der Waals surface area contributed by atoms with Gasteiger partial charge >= 0.3 is 24.1 Å². The number of carboxylic acid groups (broad SMARTS) is 1. The van der Waals surface area contributed by atoms with Gasteiger partial charge in [-0.2, -0.15) is 0 Å². The third kappa shape index (κ3) is 29.7. The highest BCUT2D eigenvalue weighted by Crippen LogP contribution is 2.10. The second-order valence-electron chi connectivity index (χ2n) is 11.2. The molecule has 10 heteroatoms. The number of aliphatic carboxylic acids is 1. The van der Waals surface area contributed by atoms with Crippen LogP contribution >= 0.6 is 0 Å². The molecule has 1 unspecified atom stereocenters. The number of hydrogen-bond acceptors (Lipinski definition) is 7. The van der Waals surface area contributed by atoms with Crippen molar-refractivity contribution in [3.05, 3.63) is 0 Å². The Morgan fingerprint density at radius 3 is 1.53 bits per heavy atom. The molecule has 0 rings (SSSR count). The van der Waals surface area contributed by atoms with Crippen LogP contribution in [-0.2, 0) is 23.8 Å². The molecular weight excluding hydrogens is 492 g/mol. The first-order chi connectivity index (χ1) is 17.6. The minimum atomic E-state index is -0.778. The van der Waals surface area contributed by atoms with Gasteiger partial charge in [0.15, 0.2) is 0 Å². The first-order valence-corrected chi connectivity index (χ1v) is 13.9. The molecule has 224 valence electrons. The van der Waals surface area contributed by atoms with Crippen LogP contribution < -0.4 is 10.6 Å². The summed E-state index contributed by atoms with van der Waals surface area (Å²) >= 11 is 0. The molecule has 0 aromatic rings. The molecule has 2 amide bonds. The van der Waals surface area contributed by atoms with E-state index in [1.54, 1.807) is 20.8 Å². The molecule has 0 saturated heterocycles. The van der Waals surface area contributed by atoms with E-state index < -0.39 is 29.4 Å². The fraction of sp³-hybridized carbons (Fsp3) is 0.857. The van der Waals surface area contributed by atoms with Gasteiger partial charge in [-0.25, -0.2) is 9.59 Å². The van der Waals surface area contributed by atoms with Crippen molar-refractivity contribution >= 4 is 24.1 Å². The predicted molar refractivity (Wildman–Crippen MR) is 148 cm³/mol. The summed E-state index contributed by atoms with van der Waals surface area (Å²) in [6, 6.07) is 0. The summed E-state index contributed by atoms with van der Waals surface area (Å²) in [4.78, 5) is 44.5. The number of hydrogen-bond donors (Lipinski definition) is 3. The Morgan fingerprint density at radius 1 is 0.711 bits per heavy atom. The number of ether oxygens (including phenoxy) is 3. The van der Waals surface area contributed by atoms with Gasteiger partial charge in [-0.05, 0) is 80.1 Å². The number of unbranched alkanes of at least 4 members (excludes halogenated alkanes) is 4. The van der Waals surface area contributed by atoms with Crippen LogP contribution in [-0.4, -0.2) is 59.6 Å². The van der Waals surface area contributed by atoms with E-state index in [-0.39, 0.29) is 18.5 Å². The van der Waals surface area contributed by atoms with Gasteiger partial charge in [-0.3, -0.25) is 9.59 Å². The second-order valence-corrected chi connectivity index (χ2v) is 11.2. The number of carboxylic acids is 1. The van der Waals surface area contributed by atoms with E-state index in [2.05, 4.69) is 17.6 Å². The monoisotopic (exact) mass is 546 g/mol. The van der Waals surface area contributed by atoms with E-state index in [9.17, 15) is 19.2 Å². The molecule has 0 radical (unpaired) electrons. The molecule has 0 aliphatic carbocycles. The highest BCUT2D eigenvalue weighted by atomic mass is 16.6. The summed E-state index contributed by atoms with van der Waals surface area (Å²) in [5, 5.41) is 13.7. The second kappa shape index (κ2) is 21.4. The van der Waals surface area contributed by atoms with Crippen LogP contribution in [0.5, 0.6) is 0 Å². The standard InChI is InChI=1S/C17H33NO4.C11H21NO4/c1-6-11-14(7-2)21-15(19)12-9-8-10-13-18-16(20)22-17(3,4)5;1-11(2,3)16-10(15)12-8-6-4-5-7-9(13)14/h14H,6-13H2,1-5H3,(H,18,20);4-8H2,1-3H3,(H,12,15)(H,13,14). The lowest BCUT2D eigenvalue weighted by Gasteiger charge is -2.19. The lowest BCUT2D eigenvalue weighted by Crippen LogP contribution is -2.33. The van der Waals surface area contributed by atoms with E-state index >= 15 is 0 Å². The van der Waals surface area contributed by atoms with E-state index in [4.69, 9.17) is 19.3 Å². The van der Waals surface area contributed by atoms with Crippen molar-refractivity contribution in [2.24, 2.45) is 0 Å². The fourth-order valence-corrected chi connectivity index (χ4v) is 3.07. The quantitative estimate of drug-likeness (QED) is 0.116. The van der Waals surface area contributed by atoms with Crippen LogP contribution in [0.25, 0.3) is 0 Å². The van der Waals surface area contributed by atoms with Gasteiger partial charge in [-0.15, -0.1) is 0 Å². The summed E-state index contributed by atoms with van der Waals surface area (Å²) in [5.74, 6) is -0.888. The maximum absolute atomic E-state index is 11.7. The Labute approximate surface area is 229 Å². The van der Waals surface area contributed by atoms with Crippen LogP contribution in [0.3, 0.4) is 0 Å². The Hall–Kier alpha value is -2.52. The van der Waals surface area contributed by atoms with Crippen molar-refractivity contribution in [2.45, 2.75) is 143 Å². The van der Waals surface area contributed by atoms with Gasteiger partial charge < -0.3 is 30.0 Å². The minimum Gasteiger partial charge on any atom is -0.481 e. The van der Waals surface area contributed by atoms with Gasteiger partial charge in [0, 0.05) is 25.9 Å². The molecule has 38 heavy (non-hydrogen) atoms. The molecule has 1 atom stereocenters. The number of amides is 2. The molecule has 0 saturated carbocycles. The number of rotatable bonds is 16. The predicted octanol–water partition coefficient (Wildman–Crippen LogP) is 6.35. The topological polar surface area (TPSA) is 140 Å². The van der Waals surface area contributed by atoms with Crippen molar-refractivity contribution in [3.63, 3.8) is 0 Å². The Balaban J connectivity index is 0. The summed E-state index contributed by atoms with van der Waals surface area (Å²) in [6.45, 7) is 16.1. The fourth-order valence-electron chi connectivity index (χ4n) is 3.07. The number of carbonyl (C=O) groups is 4. The Kier molecular flexibility index (Phi) is 21.2. The zero-order chi connectivity index (χ0) is 29.6. The summed E-state index contributed by atoms with van der Waals surface area (Å²) in [7, 11) is 0. The minimum absolute atomic E-state index is 0.0614. The molecule has 0 aromatic carbocycles. The first-order valence-electron chi connectivity index (χ1n) is 13.9. The van der Waals surface area contributed by atoms with Gasteiger partial charge in [-0.1, -0.05) is 33.1 Å². The van der Waals surface area contributed by atoms with E-state index in [1.165, 1.54) is 0 Å². The van der Waals surface area contributed by atoms with Crippen LogP contribution in [0.15, 0.2) is 0 Å². The molecule has 0 heterocycles. The Bertz CT molecular complexity index is 669. The molecule has 0 fully saturated rings. The van der Waals surface area contributed by atoms with Crippen molar-refractivity contribution in [2.75, 3.05) is 13.1 Å². The lowest BCUT2D eigenvalue weighted by atomic mass is 10.1. The molecule has 0 aromatic heterocycles. The number of carbonyl (C=O) groups excluding carboxylic acids is 3. The van der Waals surface area contributed by atoms with Gasteiger partial charge in [0.05, 0.1) is 0 Å². The number of esters is 1. The van der Waals surface area contributed by atoms with Gasteiger partial charge in [0.25, 0.3) is 0 Å². The highest BCUT2D eigenvalue weighted by molar-refractivity contribution is 5.69. The average molecular weight is 547 g/mol. The maximum Gasteiger partial charge on any atom is 0.407 e. The van der Waals surface area contributed by atoms with E-state index in [0.717, 1.165) is 51.4 Å². The highest BCUT2D eigenvalue weighted by Gasteiger charge is 2.16. The smallest absolute Gasteiger partial charge is 0.407 e. The van der Waals surface area contributed by atoms with Crippen LogP contribution in [0, 0.1) is 0 Å². The molecule has 0 spiro atoms. The molecule has 3 N–H and O–H groups in total. The molecule has 0 bridgehead atoms. The SMILES string of the molecule is CC(C)(C)OC(=O)NCCCCCC(=O)O.CCCC(CC)OC(=O)CCCCCNC(=O)OC(C)(C)C. The molecule has 10 nitrogen and oxygen atoms in total. The molecular formula is C28H54N2O8. The van der Waals surface area contributed by atoms with E-state index in [1.807, 2.05) is 27.7 Å². The lowest BCUT2D eigenvalue weighted by molar-refractivity contribution is -0.149. The van der Waals surface area contributed by atoms with Crippen LogP contribution in [0.4, 0.5) is 9.59 Å². The van der Waals surface area contributed by atoms with Gasteiger partial charge in [0.1, 0.15) is 17.3 Å². The number of alkyl carbamates (subject to hydrolysis) is 2. The van der Waals surface area contributed by atoms with Gasteiger partial charge in [0.2, 0.25) is 0 Å². The largest absolute Gasteiger partial charge is 0.481 e. The number of nitrogens with one attached hydrogen (secondary N) is 2. The maximum atomic E-state index is 11.7. The van der Waals surface area contributed by atoms with Crippen molar-refractivity contribution in [1.82, 2.24) is 10.6 Å². The summed E-state index contributed by atoms with van der Waals surface area (Å²) in [6.07, 6.45) is 7.43. The van der Waals surface area contributed by atoms with Crippen LogP contribution in [0.2, 0.25) is 0 Å². The van der Waals surface area contributed by atoms with Crippen molar-refractivity contribution in [1.29, 1.82) is 0 Å². The summed E-state index contributed by atoms with van der Waals surface area (Å²) < 4.78 is 15.6. The zero-order valence-electron chi connectivity index (χ0n) is 25.1. The summed E-state index contributed by atoms with van der Waals surface area (Å²) in [5.41, 5.74) is -0.949. The Morgan fingerprint density at radius 2 is 1.16 bits per heavy atom. The molecule has 0 aliphatic heterocycles. The van der Waals surface area contributed by atoms with E-state index in [0.29, 0.717) is 25.9 Å². The normalized spacial score (nSPS) is 11.9. The van der Waals surface area contributed by atoms with Crippen LogP contribution in [0.1, 0.15) is 126 Å².